The van der Waals surface area contributed by atoms with Crippen molar-refractivity contribution in [3.63, 3.8) is 0 Å². The number of carbonyl (C=O) groups is 1. The van der Waals surface area contributed by atoms with Crippen LogP contribution in [0.2, 0.25) is 5.02 Å². The quantitative estimate of drug-likeness (QED) is 0.867. The first kappa shape index (κ1) is 12.6. The third kappa shape index (κ3) is 2.24. The second-order valence-corrected chi connectivity index (χ2v) is 4.14. The van der Waals surface area contributed by atoms with Crippen LogP contribution in [0.15, 0.2) is 24.3 Å². The normalized spacial score (nSPS) is 10.4. The van der Waals surface area contributed by atoms with Gasteiger partial charge >= 0.3 is 5.97 Å². The largest absolute Gasteiger partial charge is 0.464 e. The number of carbonyl (C=O) groups excluding carboxylic acids is 1. The van der Waals surface area contributed by atoms with Gasteiger partial charge < -0.3 is 9.72 Å². The molecule has 4 nitrogen and oxygen atoms in total. The Morgan fingerprint density at radius 1 is 1.44 bits per heavy atom. The van der Waals surface area contributed by atoms with E-state index >= 15 is 0 Å². The van der Waals surface area contributed by atoms with Gasteiger partial charge in [-0.05, 0) is 18.6 Å². The molecule has 18 heavy (non-hydrogen) atoms. The van der Waals surface area contributed by atoms with Gasteiger partial charge in [0.2, 0.25) is 0 Å². The fraction of sp³-hybridized carbons (Fsp3) is 0.231. The lowest BCUT2D eigenvalue weighted by molar-refractivity contribution is 0.0593. The van der Waals surface area contributed by atoms with Gasteiger partial charge in [-0.1, -0.05) is 30.7 Å². The molecule has 1 N–H and O–H groups in total. The van der Waals surface area contributed by atoms with E-state index in [1.807, 2.05) is 25.1 Å². The number of aromatic amines is 1. The number of aryl methyl sites for hydroxylation is 1. The zero-order valence-corrected chi connectivity index (χ0v) is 10.9. The predicted octanol–water partition coefficient (Wildman–Crippen LogP) is 3.08. The van der Waals surface area contributed by atoms with E-state index in [9.17, 15) is 4.79 Å². The lowest BCUT2D eigenvalue weighted by Gasteiger charge is -1.98. The van der Waals surface area contributed by atoms with Crippen LogP contribution in [0, 0.1) is 0 Å². The number of methoxy groups -OCH3 is 1. The van der Waals surface area contributed by atoms with Gasteiger partial charge in [0.05, 0.1) is 12.1 Å². The second kappa shape index (κ2) is 5.23. The average molecular weight is 265 g/mol. The van der Waals surface area contributed by atoms with E-state index in [0.29, 0.717) is 23.0 Å². The highest BCUT2D eigenvalue weighted by Crippen LogP contribution is 2.26. The minimum atomic E-state index is -0.443. The number of aromatic nitrogens is 2. The molecule has 0 saturated carbocycles. The molecule has 2 rings (SSSR count). The van der Waals surface area contributed by atoms with Crippen LogP contribution in [0.5, 0.6) is 0 Å². The molecule has 0 atom stereocenters. The Labute approximate surface area is 110 Å². The van der Waals surface area contributed by atoms with Gasteiger partial charge in [0.15, 0.2) is 5.69 Å². The number of halogens is 1. The Hall–Kier alpha value is -1.81. The third-order valence-electron chi connectivity index (χ3n) is 2.64. The zero-order chi connectivity index (χ0) is 13.1. The summed E-state index contributed by atoms with van der Waals surface area (Å²) in [6.45, 7) is 1.94. The Morgan fingerprint density at radius 2 is 2.17 bits per heavy atom. The highest BCUT2D eigenvalue weighted by molar-refractivity contribution is 6.33. The Bertz CT molecular complexity index is 578. The van der Waals surface area contributed by atoms with Gasteiger partial charge in [-0.25, -0.2) is 9.78 Å². The summed E-state index contributed by atoms with van der Waals surface area (Å²) in [6, 6.07) is 7.34. The lowest BCUT2D eigenvalue weighted by Crippen LogP contribution is -2.04. The lowest BCUT2D eigenvalue weighted by atomic mass is 10.2. The summed E-state index contributed by atoms with van der Waals surface area (Å²) in [5.74, 6) is 0.138. The second-order valence-electron chi connectivity index (χ2n) is 3.74. The average Bonchev–Trinajstić information content (AvgIpc) is 2.82. The maximum Gasteiger partial charge on any atom is 0.358 e. The van der Waals surface area contributed by atoms with Crippen molar-refractivity contribution in [2.24, 2.45) is 0 Å². The molecule has 0 saturated heterocycles. The monoisotopic (exact) mass is 264 g/mol. The molecule has 1 heterocycles. The smallest absolute Gasteiger partial charge is 0.358 e. The van der Waals surface area contributed by atoms with Gasteiger partial charge in [-0.15, -0.1) is 0 Å². The van der Waals surface area contributed by atoms with E-state index in [-0.39, 0.29) is 0 Å². The van der Waals surface area contributed by atoms with Gasteiger partial charge in [-0.3, -0.25) is 0 Å². The minimum absolute atomic E-state index is 0.315. The van der Waals surface area contributed by atoms with Crippen molar-refractivity contribution in [3.8, 4) is 11.4 Å². The van der Waals surface area contributed by atoms with Gasteiger partial charge in [0.1, 0.15) is 5.82 Å². The number of nitrogens with one attached hydrogen (secondary N) is 1. The van der Waals surface area contributed by atoms with Crippen molar-refractivity contribution in [3.05, 3.63) is 40.7 Å². The first-order chi connectivity index (χ1) is 8.67. The summed E-state index contributed by atoms with van der Waals surface area (Å²) in [5.41, 5.74) is 1.83. The van der Waals surface area contributed by atoms with Crippen LogP contribution in [-0.4, -0.2) is 23.0 Å². The molecule has 0 spiro atoms. The van der Waals surface area contributed by atoms with E-state index in [1.54, 1.807) is 6.07 Å². The molecule has 0 aliphatic carbocycles. The topological polar surface area (TPSA) is 55.0 Å². The van der Waals surface area contributed by atoms with Crippen molar-refractivity contribution in [2.45, 2.75) is 13.3 Å². The summed E-state index contributed by atoms with van der Waals surface area (Å²) in [7, 11) is 1.34. The van der Waals surface area contributed by atoms with Crippen LogP contribution in [0.3, 0.4) is 0 Å². The van der Waals surface area contributed by atoms with Crippen molar-refractivity contribution in [2.75, 3.05) is 7.11 Å². The fourth-order valence-electron chi connectivity index (χ4n) is 1.71. The van der Waals surface area contributed by atoms with Crippen LogP contribution in [-0.2, 0) is 11.2 Å². The molecule has 0 unspecified atom stereocenters. The summed E-state index contributed by atoms with van der Waals surface area (Å²) < 4.78 is 4.70. The zero-order valence-electron chi connectivity index (χ0n) is 10.2. The third-order valence-corrected chi connectivity index (χ3v) is 2.97. The fourth-order valence-corrected chi connectivity index (χ4v) is 1.94. The molecule has 2 aromatic rings. The SMILES string of the molecule is CCc1[nH]c(-c2ccccc2Cl)nc1C(=O)OC. The molecule has 0 radical (unpaired) electrons. The molecular formula is C13H13ClN2O2. The minimum Gasteiger partial charge on any atom is -0.464 e. The number of ether oxygens (including phenoxy) is 1. The number of benzene rings is 1. The van der Waals surface area contributed by atoms with Crippen LogP contribution >= 0.6 is 11.6 Å². The Morgan fingerprint density at radius 3 is 2.78 bits per heavy atom. The highest BCUT2D eigenvalue weighted by atomic mass is 35.5. The number of nitrogens with zero attached hydrogens (tertiary/aromatic N) is 1. The van der Waals surface area contributed by atoms with Gasteiger partial charge in [-0.2, -0.15) is 0 Å². The summed E-state index contributed by atoms with van der Waals surface area (Å²) in [6.07, 6.45) is 0.669. The number of imidazole rings is 1. The molecule has 94 valence electrons. The Kier molecular flexibility index (Phi) is 3.67. The first-order valence-corrected chi connectivity index (χ1v) is 5.97. The Balaban J connectivity index is 2.51. The maximum absolute atomic E-state index is 11.6. The van der Waals surface area contributed by atoms with E-state index in [0.717, 1.165) is 11.3 Å². The maximum atomic E-state index is 11.6. The summed E-state index contributed by atoms with van der Waals surface area (Å²) in [5, 5.41) is 0.588. The van der Waals surface area contributed by atoms with Crippen LogP contribution in [0.4, 0.5) is 0 Å². The van der Waals surface area contributed by atoms with E-state index < -0.39 is 5.97 Å². The van der Waals surface area contributed by atoms with Crippen LogP contribution in [0.25, 0.3) is 11.4 Å². The van der Waals surface area contributed by atoms with Crippen molar-refractivity contribution in [1.82, 2.24) is 9.97 Å². The molecular weight excluding hydrogens is 252 g/mol. The highest BCUT2D eigenvalue weighted by Gasteiger charge is 2.18. The molecule has 0 aliphatic rings. The van der Waals surface area contributed by atoms with Gasteiger partial charge in [0, 0.05) is 11.3 Å². The van der Waals surface area contributed by atoms with E-state index in [2.05, 4.69) is 9.97 Å². The number of esters is 1. The standard InChI is InChI=1S/C13H13ClN2O2/c1-3-10-11(13(17)18-2)16-12(15-10)8-6-4-5-7-9(8)14/h4-7H,3H2,1-2H3,(H,15,16). The molecule has 0 bridgehead atoms. The summed E-state index contributed by atoms with van der Waals surface area (Å²) in [4.78, 5) is 19.0. The van der Waals surface area contributed by atoms with E-state index in [1.165, 1.54) is 7.11 Å². The van der Waals surface area contributed by atoms with Crippen molar-refractivity contribution >= 4 is 17.6 Å². The number of hydrogen-bond donors (Lipinski definition) is 1. The van der Waals surface area contributed by atoms with Crippen LogP contribution < -0.4 is 0 Å². The van der Waals surface area contributed by atoms with Crippen molar-refractivity contribution in [1.29, 1.82) is 0 Å². The van der Waals surface area contributed by atoms with Crippen molar-refractivity contribution < 1.29 is 9.53 Å². The molecule has 0 aliphatic heterocycles. The van der Waals surface area contributed by atoms with Gasteiger partial charge in [0.25, 0.3) is 0 Å². The number of hydrogen-bond acceptors (Lipinski definition) is 3. The molecule has 1 aromatic carbocycles. The molecule has 5 heteroatoms. The first-order valence-electron chi connectivity index (χ1n) is 5.59. The van der Waals surface area contributed by atoms with E-state index in [4.69, 9.17) is 16.3 Å². The molecule has 0 amide bonds. The number of rotatable bonds is 3. The van der Waals surface area contributed by atoms with Crippen LogP contribution in [0.1, 0.15) is 23.1 Å². The summed E-state index contributed by atoms with van der Waals surface area (Å²) >= 11 is 6.10. The number of H-pyrrole nitrogens is 1. The molecule has 1 aromatic heterocycles. The molecule has 0 fully saturated rings. The predicted molar refractivity (Wildman–Crippen MR) is 69.8 cm³/mol.